The summed E-state index contributed by atoms with van der Waals surface area (Å²) in [5.41, 5.74) is 0.315. The fourth-order valence-electron chi connectivity index (χ4n) is 2.16. The number of aliphatic hydroxyl groups excluding tert-OH is 1. The van der Waals surface area contributed by atoms with E-state index in [9.17, 15) is 0 Å². The Morgan fingerprint density at radius 2 is 1.87 bits per heavy atom. The van der Waals surface area contributed by atoms with Crippen molar-refractivity contribution in [1.29, 1.82) is 0 Å². The molecule has 0 radical (unpaired) electrons. The molecule has 1 aliphatic heterocycles. The minimum atomic E-state index is 0.315. The Balaban J connectivity index is 2.21. The van der Waals surface area contributed by atoms with Crippen molar-refractivity contribution in [1.82, 2.24) is 9.80 Å². The van der Waals surface area contributed by atoms with Crippen molar-refractivity contribution in [2.45, 2.75) is 38.6 Å². The van der Waals surface area contributed by atoms with E-state index < -0.39 is 0 Å². The van der Waals surface area contributed by atoms with E-state index in [1.165, 1.54) is 32.6 Å². The van der Waals surface area contributed by atoms with Crippen LogP contribution >= 0.6 is 0 Å². The average Bonchev–Trinajstić information content (AvgIpc) is 2.18. The molecule has 1 aliphatic rings. The van der Waals surface area contributed by atoms with Gasteiger partial charge in [0.15, 0.2) is 0 Å². The average molecular weight is 214 g/mol. The van der Waals surface area contributed by atoms with Crippen LogP contribution in [0.5, 0.6) is 0 Å². The third-order valence-corrected chi connectivity index (χ3v) is 3.53. The van der Waals surface area contributed by atoms with Gasteiger partial charge in [-0.25, -0.2) is 0 Å². The van der Waals surface area contributed by atoms with Crippen LogP contribution in [-0.2, 0) is 0 Å². The van der Waals surface area contributed by atoms with Crippen LogP contribution in [0.1, 0.15) is 33.1 Å². The summed E-state index contributed by atoms with van der Waals surface area (Å²) in [5, 5.41) is 8.70. The minimum absolute atomic E-state index is 0.315. The topological polar surface area (TPSA) is 26.7 Å². The third-order valence-electron chi connectivity index (χ3n) is 3.53. The van der Waals surface area contributed by atoms with Gasteiger partial charge in [-0.1, -0.05) is 0 Å². The minimum Gasteiger partial charge on any atom is -0.396 e. The molecule has 0 bridgehead atoms. The molecule has 1 heterocycles. The monoisotopic (exact) mass is 214 g/mol. The molecule has 3 nitrogen and oxygen atoms in total. The normalized spacial score (nSPS) is 23.2. The summed E-state index contributed by atoms with van der Waals surface area (Å²) in [7, 11) is 2.21. The second-order valence-corrected chi connectivity index (χ2v) is 5.29. The lowest BCUT2D eigenvalue weighted by Crippen LogP contribution is -2.57. The molecule has 15 heavy (non-hydrogen) atoms. The second kappa shape index (κ2) is 5.83. The maximum atomic E-state index is 8.70. The van der Waals surface area contributed by atoms with Crippen LogP contribution in [0.25, 0.3) is 0 Å². The molecule has 1 N–H and O–H groups in total. The van der Waals surface area contributed by atoms with Gasteiger partial charge in [-0.15, -0.1) is 0 Å². The predicted molar refractivity (Wildman–Crippen MR) is 64.1 cm³/mol. The van der Waals surface area contributed by atoms with Crippen LogP contribution in [0.4, 0.5) is 0 Å². The van der Waals surface area contributed by atoms with Crippen molar-refractivity contribution >= 4 is 0 Å². The maximum Gasteiger partial charge on any atom is 0.0431 e. The number of hydrogen-bond donors (Lipinski definition) is 1. The molecule has 0 unspecified atom stereocenters. The van der Waals surface area contributed by atoms with Crippen LogP contribution in [0.15, 0.2) is 0 Å². The molecule has 0 spiro atoms. The molecule has 0 aliphatic carbocycles. The van der Waals surface area contributed by atoms with Crippen LogP contribution in [0.2, 0.25) is 0 Å². The molecule has 0 amide bonds. The summed E-state index contributed by atoms with van der Waals surface area (Å²) < 4.78 is 0. The lowest BCUT2D eigenvalue weighted by molar-refractivity contribution is 0.0391. The van der Waals surface area contributed by atoms with E-state index in [0.717, 1.165) is 12.8 Å². The molecule has 0 atom stereocenters. The molecule has 0 aromatic rings. The quantitative estimate of drug-likeness (QED) is 0.696. The third kappa shape index (κ3) is 4.09. The number of unbranched alkanes of at least 4 members (excludes halogenated alkanes) is 2. The summed E-state index contributed by atoms with van der Waals surface area (Å²) in [5.74, 6) is 0. The van der Waals surface area contributed by atoms with Gasteiger partial charge in [0, 0.05) is 31.8 Å². The van der Waals surface area contributed by atoms with E-state index in [1.54, 1.807) is 0 Å². The maximum absolute atomic E-state index is 8.70. The van der Waals surface area contributed by atoms with Gasteiger partial charge in [-0.2, -0.15) is 0 Å². The number of aliphatic hydroxyl groups is 1. The number of nitrogens with zero attached hydrogens (tertiary/aromatic N) is 2. The predicted octanol–water partition coefficient (Wildman–Crippen LogP) is 1.17. The van der Waals surface area contributed by atoms with E-state index in [-0.39, 0.29) is 0 Å². The lowest BCUT2D eigenvalue weighted by atomic mass is 9.99. The molecule has 90 valence electrons. The van der Waals surface area contributed by atoms with Crippen molar-refractivity contribution in [3.63, 3.8) is 0 Å². The summed E-state index contributed by atoms with van der Waals surface area (Å²) in [6.07, 6.45) is 3.33. The Kier molecular flexibility index (Phi) is 5.03. The highest BCUT2D eigenvalue weighted by Gasteiger charge is 2.30. The zero-order chi connectivity index (χ0) is 11.3. The van der Waals surface area contributed by atoms with Crippen molar-refractivity contribution in [2.24, 2.45) is 0 Å². The van der Waals surface area contributed by atoms with Crippen molar-refractivity contribution in [3.8, 4) is 0 Å². The van der Waals surface area contributed by atoms with Crippen LogP contribution < -0.4 is 0 Å². The van der Waals surface area contributed by atoms with Crippen molar-refractivity contribution < 1.29 is 5.11 Å². The summed E-state index contributed by atoms with van der Waals surface area (Å²) in [6, 6.07) is 0. The van der Waals surface area contributed by atoms with Crippen LogP contribution in [0.3, 0.4) is 0 Å². The van der Waals surface area contributed by atoms with Gasteiger partial charge >= 0.3 is 0 Å². The molecule has 3 heteroatoms. The zero-order valence-corrected chi connectivity index (χ0v) is 10.5. The highest BCUT2D eigenvalue weighted by molar-refractivity contribution is 4.87. The zero-order valence-electron chi connectivity index (χ0n) is 10.5. The van der Waals surface area contributed by atoms with Gasteiger partial charge in [-0.05, 0) is 46.7 Å². The Labute approximate surface area is 94.1 Å². The highest BCUT2D eigenvalue weighted by atomic mass is 16.2. The molecule has 0 aromatic heterocycles. The smallest absolute Gasteiger partial charge is 0.0431 e. The number of likely N-dealkylation sites (N-methyl/N-ethyl adjacent to an activating group) is 1. The van der Waals surface area contributed by atoms with Gasteiger partial charge in [0.25, 0.3) is 0 Å². The first kappa shape index (κ1) is 12.9. The van der Waals surface area contributed by atoms with Crippen molar-refractivity contribution in [2.75, 3.05) is 39.8 Å². The number of piperazine rings is 1. The van der Waals surface area contributed by atoms with Gasteiger partial charge in [0.1, 0.15) is 0 Å². The number of rotatable bonds is 5. The first-order valence-electron chi connectivity index (χ1n) is 6.11. The molecule has 0 saturated carbocycles. The van der Waals surface area contributed by atoms with Gasteiger partial charge in [-0.3, -0.25) is 4.90 Å². The summed E-state index contributed by atoms with van der Waals surface area (Å²) in [4.78, 5) is 4.99. The first-order valence-corrected chi connectivity index (χ1v) is 6.11. The van der Waals surface area contributed by atoms with Crippen LogP contribution in [0, 0.1) is 0 Å². The molecule has 1 fully saturated rings. The Hall–Kier alpha value is -0.120. The van der Waals surface area contributed by atoms with Crippen molar-refractivity contribution in [3.05, 3.63) is 0 Å². The molecule has 1 rings (SSSR count). The summed E-state index contributed by atoms with van der Waals surface area (Å²) in [6.45, 7) is 9.69. The highest BCUT2D eigenvalue weighted by Crippen LogP contribution is 2.18. The lowest BCUT2D eigenvalue weighted by Gasteiger charge is -2.45. The van der Waals surface area contributed by atoms with Crippen LogP contribution in [-0.4, -0.2) is 60.3 Å². The van der Waals surface area contributed by atoms with Gasteiger partial charge in [0.2, 0.25) is 0 Å². The van der Waals surface area contributed by atoms with Gasteiger partial charge < -0.3 is 10.0 Å². The first-order chi connectivity index (χ1) is 7.06. The van der Waals surface area contributed by atoms with E-state index in [4.69, 9.17) is 5.11 Å². The fraction of sp³-hybridized carbons (Fsp3) is 1.00. The standard InChI is InChI=1S/C12H26N2O/c1-12(2)11-14(9-8-13(12)3)7-5-4-6-10-15/h15H,4-11H2,1-3H3. The molecule has 1 saturated heterocycles. The Bertz CT molecular complexity index is 182. The Morgan fingerprint density at radius 1 is 1.13 bits per heavy atom. The SMILES string of the molecule is CN1CCN(CCCCCO)CC1(C)C. The Morgan fingerprint density at radius 3 is 2.47 bits per heavy atom. The van der Waals surface area contributed by atoms with E-state index in [0.29, 0.717) is 12.1 Å². The van der Waals surface area contributed by atoms with E-state index in [1.807, 2.05) is 0 Å². The van der Waals surface area contributed by atoms with E-state index in [2.05, 4.69) is 30.7 Å². The van der Waals surface area contributed by atoms with E-state index >= 15 is 0 Å². The van der Waals surface area contributed by atoms with Gasteiger partial charge in [0.05, 0.1) is 0 Å². The number of hydrogen-bond acceptors (Lipinski definition) is 3. The molecular formula is C12H26N2O. The largest absolute Gasteiger partial charge is 0.396 e. The fourth-order valence-corrected chi connectivity index (χ4v) is 2.16. The molecule has 0 aromatic carbocycles. The summed E-state index contributed by atoms with van der Waals surface area (Å²) >= 11 is 0. The second-order valence-electron chi connectivity index (χ2n) is 5.29. The molecular weight excluding hydrogens is 188 g/mol.